The Morgan fingerprint density at radius 3 is 2.58 bits per heavy atom. The van der Waals surface area contributed by atoms with Gasteiger partial charge in [0.1, 0.15) is 6.04 Å². The summed E-state index contributed by atoms with van der Waals surface area (Å²) in [6.45, 7) is 3.77. The van der Waals surface area contributed by atoms with E-state index in [-0.39, 0.29) is 28.6 Å². The molecule has 26 heavy (non-hydrogen) atoms. The van der Waals surface area contributed by atoms with Crippen LogP contribution in [0.15, 0.2) is 35.2 Å². The lowest BCUT2D eigenvalue weighted by atomic mass is 9.90. The first-order valence-electron chi connectivity index (χ1n) is 8.36. The Hall–Kier alpha value is -0.800. The molecule has 0 aliphatic carbocycles. The number of sulfonamides is 1. The van der Waals surface area contributed by atoms with Gasteiger partial charge in [-0.3, -0.25) is 4.79 Å². The van der Waals surface area contributed by atoms with Crippen molar-refractivity contribution < 1.29 is 13.2 Å². The molecule has 2 atom stereocenters. The summed E-state index contributed by atoms with van der Waals surface area (Å²) in [7, 11) is -3.73. The highest BCUT2D eigenvalue weighted by Gasteiger charge is 2.38. The molecule has 6 nitrogen and oxygen atoms in total. The van der Waals surface area contributed by atoms with Gasteiger partial charge in [-0.1, -0.05) is 25.1 Å². The molecule has 1 amide bonds. The molecule has 1 heterocycles. The van der Waals surface area contributed by atoms with E-state index in [1.807, 2.05) is 6.26 Å². The molecular weight excluding hydrogens is 394 g/mol. The number of benzene rings is 1. The summed E-state index contributed by atoms with van der Waals surface area (Å²) in [5.74, 6) is 0.543. The number of nitrogens with one attached hydrogen (secondary N) is 1. The van der Waals surface area contributed by atoms with E-state index in [0.717, 1.165) is 6.42 Å². The van der Waals surface area contributed by atoms with Crippen LogP contribution < -0.4 is 10.5 Å². The van der Waals surface area contributed by atoms with Crippen molar-refractivity contribution in [2.45, 2.75) is 30.7 Å². The number of carbonyl (C=O) groups is 1. The Morgan fingerprint density at radius 1 is 1.38 bits per heavy atom. The van der Waals surface area contributed by atoms with Crippen molar-refractivity contribution in [3.8, 4) is 0 Å². The van der Waals surface area contributed by atoms with Gasteiger partial charge in [0.15, 0.2) is 0 Å². The highest BCUT2D eigenvalue weighted by atomic mass is 35.5. The number of hydrogen-bond donors (Lipinski definition) is 2. The second kappa shape index (κ2) is 9.94. The van der Waals surface area contributed by atoms with Crippen molar-refractivity contribution in [2.24, 2.45) is 11.1 Å². The van der Waals surface area contributed by atoms with Crippen LogP contribution in [0.5, 0.6) is 0 Å². The van der Waals surface area contributed by atoms with E-state index in [9.17, 15) is 13.2 Å². The maximum Gasteiger partial charge on any atom is 0.241 e. The normalized spacial score (nSPS) is 21.3. The predicted octanol–water partition coefficient (Wildman–Crippen LogP) is 1.71. The number of rotatable bonds is 8. The van der Waals surface area contributed by atoms with Crippen molar-refractivity contribution >= 4 is 40.1 Å². The zero-order valence-electron chi connectivity index (χ0n) is 15.2. The Bertz CT molecular complexity index is 688. The lowest BCUT2D eigenvalue weighted by Gasteiger charge is -2.26. The molecule has 0 saturated carbocycles. The summed E-state index contributed by atoms with van der Waals surface area (Å²) >= 11 is 1.59. The van der Waals surface area contributed by atoms with Crippen LogP contribution in [-0.4, -0.2) is 56.9 Å². The molecule has 148 valence electrons. The number of halogens is 1. The van der Waals surface area contributed by atoms with Crippen LogP contribution in [0.4, 0.5) is 0 Å². The summed E-state index contributed by atoms with van der Waals surface area (Å²) in [4.78, 5) is 14.8. The molecule has 1 aliphatic heterocycles. The van der Waals surface area contributed by atoms with Gasteiger partial charge in [-0.05, 0) is 48.9 Å². The van der Waals surface area contributed by atoms with Crippen molar-refractivity contribution in [2.75, 3.05) is 31.6 Å². The van der Waals surface area contributed by atoms with Gasteiger partial charge in [0.05, 0.1) is 4.90 Å². The SMILES string of the molecule is CSCCC(NS(=O)(=O)c1ccccc1)C(=O)N1CCC(C)(CN)C1.Cl. The summed E-state index contributed by atoms with van der Waals surface area (Å²) in [5, 5.41) is 0. The Balaban J connectivity index is 0.00000338. The lowest BCUT2D eigenvalue weighted by molar-refractivity contribution is -0.132. The molecule has 2 rings (SSSR count). The first-order chi connectivity index (χ1) is 11.8. The van der Waals surface area contributed by atoms with Gasteiger partial charge in [-0.15, -0.1) is 12.4 Å². The van der Waals surface area contributed by atoms with E-state index in [4.69, 9.17) is 5.73 Å². The van der Waals surface area contributed by atoms with Crippen LogP contribution in [0.1, 0.15) is 19.8 Å². The molecule has 9 heteroatoms. The highest BCUT2D eigenvalue weighted by molar-refractivity contribution is 7.98. The minimum Gasteiger partial charge on any atom is -0.341 e. The summed E-state index contributed by atoms with van der Waals surface area (Å²) in [6.07, 6.45) is 3.24. The first kappa shape index (κ1) is 23.2. The van der Waals surface area contributed by atoms with E-state index in [0.29, 0.717) is 31.8 Å². The summed E-state index contributed by atoms with van der Waals surface area (Å²) in [5.41, 5.74) is 5.73. The molecular formula is C17H28ClN3O3S2. The number of hydrogen-bond acceptors (Lipinski definition) is 5. The molecule has 1 saturated heterocycles. The molecule has 0 aromatic heterocycles. The van der Waals surface area contributed by atoms with Crippen molar-refractivity contribution in [3.63, 3.8) is 0 Å². The van der Waals surface area contributed by atoms with E-state index in [1.165, 1.54) is 12.1 Å². The lowest BCUT2D eigenvalue weighted by Crippen LogP contribution is -2.48. The van der Waals surface area contributed by atoms with Crippen LogP contribution in [0.3, 0.4) is 0 Å². The van der Waals surface area contributed by atoms with Gasteiger partial charge in [0.25, 0.3) is 0 Å². The Morgan fingerprint density at radius 2 is 2.04 bits per heavy atom. The maximum atomic E-state index is 12.9. The molecule has 2 unspecified atom stereocenters. The van der Waals surface area contributed by atoms with Crippen molar-refractivity contribution in [1.82, 2.24) is 9.62 Å². The zero-order valence-corrected chi connectivity index (χ0v) is 17.6. The number of amides is 1. The number of nitrogens with zero attached hydrogens (tertiary/aromatic N) is 1. The second-order valence-electron chi connectivity index (χ2n) is 6.79. The molecule has 1 aromatic carbocycles. The van der Waals surface area contributed by atoms with Gasteiger partial charge >= 0.3 is 0 Å². The van der Waals surface area contributed by atoms with Gasteiger partial charge in [0.2, 0.25) is 15.9 Å². The van der Waals surface area contributed by atoms with E-state index < -0.39 is 16.1 Å². The van der Waals surface area contributed by atoms with Gasteiger partial charge in [-0.2, -0.15) is 16.5 Å². The number of nitrogens with two attached hydrogens (primary N) is 1. The van der Waals surface area contributed by atoms with Crippen LogP contribution in [0.25, 0.3) is 0 Å². The monoisotopic (exact) mass is 421 g/mol. The zero-order chi connectivity index (χ0) is 18.5. The Labute approximate surface area is 166 Å². The van der Waals surface area contributed by atoms with Gasteiger partial charge < -0.3 is 10.6 Å². The fraction of sp³-hybridized carbons (Fsp3) is 0.588. The van der Waals surface area contributed by atoms with E-state index >= 15 is 0 Å². The van der Waals surface area contributed by atoms with Crippen molar-refractivity contribution in [3.05, 3.63) is 30.3 Å². The summed E-state index contributed by atoms with van der Waals surface area (Å²) in [6, 6.07) is 7.39. The Kier molecular flexibility index (Phi) is 8.88. The number of thioether (sulfide) groups is 1. The maximum absolute atomic E-state index is 12.9. The molecule has 1 aliphatic rings. The molecule has 1 fully saturated rings. The van der Waals surface area contributed by atoms with Crippen LogP contribution in [0.2, 0.25) is 0 Å². The highest BCUT2D eigenvalue weighted by Crippen LogP contribution is 2.29. The van der Waals surface area contributed by atoms with E-state index in [1.54, 1.807) is 34.9 Å². The first-order valence-corrected chi connectivity index (χ1v) is 11.2. The molecule has 0 radical (unpaired) electrons. The smallest absolute Gasteiger partial charge is 0.241 e. The van der Waals surface area contributed by atoms with Crippen LogP contribution in [0, 0.1) is 5.41 Å². The molecule has 0 spiro atoms. The predicted molar refractivity (Wildman–Crippen MR) is 109 cm³/mol. The quantitative estimate of drug-likeness (QED) is 0.666. The number of likely N-dealkylation sites (tertiary alicyclic amines) is 1. The third-order valence-electron chi connectivity index (χ3n) is 4.62. The largest absolute Gasteiger partial charge is 0.341 e. The number of carbonyl (C=O) groups excluding carboxylic acids is 1. The summed E-state index contributed by atoms with van der Waals surface area (Å²) < 4.78 is 27.8. The standard InChI is InChI=1S/C17H27N3O3S2.ClH/c1-17(12-18)9-10-20(13-17)16(21)15(8-11-24-2)19-25(22,23)14-6-4-3-5-7-14;/h3-7,15,19H,8-13,18H2,1-2H3;1H. The van der Waals surface area contributed by atoms with Crippen molar-refractivity contribution in [1.29, 1.82) is 0 Å². The average Bonchev–Trinajstić information content (AvgIpc) is 3.01. The van der Waals surface area contributed by atoms with Crippen LogP contribution >= 0.6 is 24.2 Å². The third kappa shape index (κ3) is 5.85. The van der Waals surface area contributed by atoms with Gasteiger partial charge in [-0.25, -0.2) is 8.42 Å². The minimum atomic E-state index is -3.73. The molecule has 0 bridgehead atoms. The van der Waals surface area contributed by atoms with E-state index in [2.05, 4.69) is 11.6 Å². The second-order valence-corrected chi connectivity index (χ2v) is 9.49. The topological polar surface area (TPSA) is 92.5 Å². The minimum absolute atomic E-state index is 0. The fourth-order valence-electron chi connectivity index (χ4n) is 2.92. The van der Waals surface area contributed by atoms with Crippen LogP contribution in [-0.2, 0) is 14.8 Å². The third-order valence-corrected chi connectivity index (χ3v) is 6.75. The average molecular weight is 422 g/mol. The fourth-order valence-corrected chi connectivity index (χ4v) is 4.64. The molecule has 3 N–H and O–H groups in total. The van der Waals surface area contributed by atoms with Gasteiger partial charge in [0, 0.05) is 13.1 Å². The molecule has 1 aromatic rings.